The van der Waals surface area contributed by atoms with E-state index >= 15 is 0 Å². The van der Waals surface area contributed by atoms with Crippen molar-refractivity contribution in [3.63, 3.8) is 0 Å². The van der Waals surface area contributed by atoms with Crippen LogP contribution in [0.25, 0.3) is 6.08 Å². The highest BCUT2D eigenvalue weighted by Crippen LogP contribution is 2.28. The van der Waals surface area contributed by atoms with Gasteiger partial charge in [0, 0.05) is 6.08 Å². The number of hydrogen-bond donors (Lipinski definition) is 1. The molecule has 3 aromatic carbocycles. The summed E-state index contributed by atoms with van der Waals surface area (Å²) >= 11 is 0. The predicted octanol–water partition coefficient (Wildman–Crippen LogP) is 4.93. The van der Waals surface area contributed by atoms with Crippen LogP contribution in [0.4, 0.5) is 0 Å². The van der Waals surface area contributed by atoms with E-state index in [0.717, 1.165) is 16.7 Å². The van der Waals surface area contributed by atoms with Gasteiger partial charge in [-0.15, -0.1) is 0 Å². The lowest BCUT2D eigenvalue weighted by Crippen LogP contribution is -2.27. The largest absolute Gasteiger partial charge is 0.493 e. The first-order valence-corrected chi connectivity index (χ1v) is 9.43. The van der Waals surface area contributed by atoms with Crippen molar-refractivity contribution in [2.45, 2.75) is 13.0 Å². The number of nitrogens with one attached hydrogen (secondary N) is 1. The van der Waals surface area contributed by atoms with Gasteiger partial charge in [0.1, 0.15) is 0 Å². The second-order valence-electron chi connectivity index (χ2n) is 6.71. The molecular weight excluding hydrogens is 362 g/mol. The molecule has 0 fully saturated rings. The molecule has 4 nitrogen and oxygen atoms in total. The van der Waals surface area contributed by atoms with Crippen molar-refractivity contribution in [3.8, 4) is 11.5 Å². The third kappa shape index (κ3) is 5.26. The predicted molar refractivity (Wildman–Crippen MR) is 116 cm³/mol. The van der Waals surface area contributed by atoms with E-state index in [-0.39, 0.29) is 11.9 Å². The van der Waals surface area contributed by atoms with Gasteiger partial charge in [0.25, 0.3) is 0 Å². The second-order valence-corrected chi connectivity index (χ2v) is 6.71. The maximum atomic E-state index is 12.7. The van der Waals surface area contributed by atoms with E-state index in [0.29, 0.717) is 11.5 Å². The molecule has 3 rings (SSSR count). The summed E-state index contributed by atoms with van der Waals surface area (Å²) in [5, 5.41) is 3.11. The Hall–Kier alpha value is -3.53. The van der Waals surface area contributed by atoms with Crippen molar-refractivity contribution in [2.75, 3.05) is 14.2 Å². The van der Waals surface area contributed by atoms with Gasteiger partial charge in [-0.1, -0.05) is 66.2 Å². The molecule has 0 aromatic heterocycles. The molecule has 1 amide bonds. The van der Waals surface area contributed by atoms with Crippen LogP contribution >= 0.6 is 0 Å². The molecule has 3 aromatic rings. The third-order valence-corrected chi connectivity index (χ3v) is 4.66. The van der Waals surface area contributed by atoms with Crippen LogP contribution in [0, 0.1) is 6.92 Å². The van der Waals surface area contributed by atoms with Crippen LogP contribution in [-0.2, 0) is 4.79 Å². The van der Waals surface area contributed by atoms with Crippen LogP contribution in [0.15, 0.2) is 78.9 Å². The van der Waals surface area contributed by atoms with Crippen molar-refractivity contribution in [2.24, 2.45) is 0 Å². The number of rotatable bonds is 7. The molecule has 0 heterocycles. The van der Waals surface area contributed by atoms with Gasteiger partial charge >= 0.3 is 0 Å². The van der Waals surface area contributed by atoms with E-state index in [2.05, 4.69) is 17.4 Å². The van der Waals surface area contributed by atoms with Crippen LogP contribution in [-0.4, -0.2) is 20.1 Å². The highest BCUT2D eigenvalue weighted by Gasteiger charge is 2.15. The van der Waals surface area contributed by atoms with E-state index < -0.39 is 0 Å². The molecule has 4 heteroatoms. The van der Waals surface area contributed by atoms with Crippen LogP contribution in [0.1, 0.15) is 28.3 Å². The molecule has 0 aliphatic carbocycles. The Morgan fingerprint density at radius 3 is 2.17 bits per heavy atom. The van der Waals surface area contributed by atoms with Gasteiger partial charge in [-0.05, 0) is 41.8 Å². The van der Waals surface area contributed by atoms with Crippen molar-refractivity contribution in [1.82, 2.24) is 5.32 Å². The van der Waals surface area contributed by atoms with Gasteiger partial charge in [-0.25, -0.2) is 0 Å². The Bertz CT molecular complexity index is 979. The zero-order chi connectivity index (χ0) is 20.6. The lowest BCUT2D eigenvalue weighted by atomic mass is 9.98. The summed E-state index contributed by atoms with van der Waals surface area (Å²) < 4.78 is 10.6. The zero-order valence-electron chi connectivity index (χ0n) is 16.9. The standard InChI is InChI=1S/C25H25NO3/c1-18-9-13-21(14-10-18)25(20-7-5-4-6-8-20)26-24(27)16-12-19-11-15-22(28-2)23(17-19)29-3/h4-17,25H,1-3H3,(H,26,27)/b16-12+/t25-/m1/s1. The number of hydrogen-bond acceptors (Lipinski definition) is 3. The van der Waals surface area contributed by atoms with Gasteiger partial charge in [-0.2, -0.15) is 0 Å². The molecule has 0 spiro atoms. The van der Waals surface area contributed by atoms with E-state index in [9.17, 15) is 4.79 Å². The van der Waals surface area contributed by atoms with Crippen LogP contribution < -0.4 is 14.8 Å². The summed E-state index contributed by atoms with van der Waals surface area (Å²) in [6.07, 6.45) is 3.29. The van der Waals surface area contributed by atoms with Crippen LogP contribution in [0.2, 0.25) is 0 Å². The molecule has 0 aliphatic heterocycles. The molecule has 0 bridgehead atoms. The molecule has 1 atom stereocenters. The maximum absolute atomic E-state index is 12.7. The van der Waals surface area contributed by atoms with Gasteiger partial charge in [0.2, 0.25) is 5.91 Å². The summed E-state index contributed by atoms with van der Waals surface area (Å²) in [4.78, 5) is 12.7. The summed E-state index contributed by atoms with van der Waals surface area (Å²) in [7, 11) is 3.18. The minimum absolute atomic E-state index is 0.172. The number of carbonyl (C=O) groups excluding carboxylic acids is 1. The minimum Gasteiger partial charge on any atom is -0.493 e. The number of benzene rings is 3. The van der Waals surface area contributed by atoms with Crippen molar-refractivity contribution in [1.29, 1.82) is 0 Å². The van der Waals surface area contributed by atoms with Gasteiger partial charge < -0.3 is 14.8 Å². The fraction of sp³-hybridized carbons (Fsp3) is 0.160. The number of aryl methyl sites for hydroxylation is 1. The number of methoxy groups -OCH3 is 2. The second kappa shape index (κ2) is 9.60. The molecule has 0 saturated heterocycles. The lowest BCUT2D eigenvalue weighted by Gasteiger charge is -2.19. The maximum Gasteiger partial charge on any atom is 0.244 e. The van der Waals surface area contributed by atoms with Crippen LogP contribution in [0.3, 0.4) is 0 Å². The van der Waals surface area contributed by atoms with Gasteiger partial charge in [0.05, 0.1) is 20.3 Å². The summed E-state index contributed by atoms with van der Waals surface area (Å²) in [5.41, 5.74) is 4.10. The number of amides is 1. The number of carbonyl (C=O) groups is 1. The summed E-state index contributed by atoms with van der Waals surface area (Å²) in [6, 6.07) is 23.4. The average molecular weight is 387 g/mol. The molecule has 0 unspecified atom stereocenters. The molecule has 29 heavy (non-hydrogen) atoms. The fourth-order valence-corrected chi connectivity index (χ4v) is 3.08. The van der Waals surface area contributed by atoms with Crippen LogP contribution in [0.5, 0.6) is 11.5 Å². The van der Waals surface area contributed by atoms with E-state index in [4.69, 9.17) is 9.47 Å². The smallest absolute Gasteiger partial charge is 0.244 e. The Morgan fingerprint density at radius 1 is 0.862 bits per heavy atom. The molecule has 0 saturated carbocycles. The van der Waals surface area contributed by atoms with E-state index in [1.165, 1.54) is 11.6 Å². The molecule has 148 valence electrons. The van der Waals surface area contributed by atoms with Crippen molar-refractivity contribution < 1.29 is 14.3 Å². The fourth-order valence-electron chi connectivity index (χ4n) is 3.08. The summed E-state index contributed by atoms with van der Waals surface area (Å²) in [6.45, 7) is 2.05. The monoisotopic (exact) mass is 387 g/mol. The lowest BCUT2D eigenvalue weighted by molar-refractivity contribution is -0.116. The topological polar surface area (TPSA) is 47.6 Å². The average Bonchev–Trinajstić information content (AvgIpc) is 2.77. The summed E-state index contributed by atoms with van der Waals surface area (Å²) in [5.74, 6) is 1.10. The first-order valence-electron chi connectivity index (χ1n) is 9.43. The first kappa shape index (κ1) is 20.2. The molecule has 0 aliphatic rings. The molecule has 1 N–H and O–H groups in total. The minimum atomic E-state index is -0.223. The Labute approximate surface area is 171 Å². The quantitative estimate of drug-likeness (QED) is 0.585. The highest BCUT2D eigenvalue weighted by atomic mass is 16.5. The first-order chi connectivity index (χ1) is 14.1. The number of ether oxygens (including phenoxy) is 2. The Morgan fingerprint density at radius 2 is 1.52 bits per heavy atom. The Kier molecular flexibility index (Phi) is 6.69. The van der Waals surface area contributed by atoms with E-state index in [1.807, 2.05) is 67.6 Å². The van der Waals surface area contributed by atoms with Gasteiger partial charge in [-0.3, -0.25) is 4.79 Å². The highest BCUT2D eigenvalue weighted by molar-refractivity contribution is 5.92. The van der Waals surface area contributed by atoms with E-state index in [1.54, 1.807) is 20.3 Å². The SMILES string of the molecule is COc1ccc(/C=C/C(=O)N[C@H](c2ccccc2)c2ccc(C)cc2)cc1OC. The van der Waals surface area contributed by atoms with Crippen molar-refractivity contribution >= 4 is 12.0 Å². The Balaban J connectivity index is 1.80. The van der Waals surface area contributed by atoms with Gasteiger partial charge in [0.15, 0.2) is 11.5 Å². The zero-order valence-corrected chi connectivity index (χ0v) is 16.9. The molecular formula is C25H25NO3. The molecule has 0 radical (unpaired) electrons. The normalized spacial score (nSPS) is 11.8. The van der Waals surface area contributed by atoms with Crippen molar-refractivity contribution in [3.05, 3.63) is 101 Å². The third-order valence-electron chi connectivity index (χ3n) is 4.66.